The fraction of sp³-hybridized carbons (Fsp3) is 0.409. The second kappa shape index (κ2) is 6.63. The van der Waals surface area contributed by atoms with E-state index in [0.29, 0.717) is 22.4 Å². The molecule has 2 aliphatic heterocycles. The summed E-state index contributed by atoms with van der Waals surface area (Å²) in [6, 6.07) is 1.06. The Morgan fingerprint density at radius 2 is 2.15 bits per heavy atom. The summed E-state index contributed by atoms with van der Waals surface area (Å²) in [5.41, 5.74) is 4.69. The van der Waals surface area contributed by atoms with Crippen molar-refractivity contribution in [3.8, 4) is 0 Å². The Balaban J connectivity index is 1.80. The van der Waals surface area contributed by atoms with Gasteiger partial charge in [-0.2, -0.15) is 0 Å². The molecule has 1 aromatic carbocycles. The largest absolute Gasteiger partial charge is 0.355 e. The second-order valence-corrected chi connectivity index (χ2v) is 7.60. The van der Waals surface area contributed by atoms with Gasteiger partial charge in [0.05, 0.1) is 18.1 Å². The Morgan fingerprint density at radius 1 is 1.37 bits per heavy atom. The van der Waals surface area contributed by atoms with E-state index < -0.39 is 0 Å². The lowest BCUT2D eigenvalue weighted by atomic mass is 9.97. The normalized spacial score (nSPS) is 16.6. The number of imidazole rings is 1. The van der Waals surface area contributed by atoms with Crippen LogP contribution in [-0.4, -0.2) is 14.5 Å². The van der Waals surface area contributed by atoms with Crippen LogP contribution in [0.3, 0.4) is 0 Å². The minimum absolute atomic E-state index is 0.210. The molecule has 0 N–H and O–H groups in total. The molecule has 0 bridgehead atoms. The van der Waals surface area contributed by atoms with Gasteiger partial charge in [-0.15, -0.1) is 0 Å². The number of hydrogen-bond donors (Lipinski definition) is 0. The van der Waals surface area contributed by atoms with E-state index in [-0.39, 0.29) is 24.2 Å². The summed E-state index contributed by atoms with van der Waals surface area (Å²) in [5, 5.41) is 0. The van der Waals surface area contributed by atoms with Gasteiger partial charge in [0.2, 0.25) is 0 Å². The van der Waals surface area contributed by atoms with E-state index >= 15 is 0 Å². The summed E-state index contributed by atoms with van der Waals surface area (Å²) in [6.07, 6.45) is 5.74. The summed E-state index contributed by atoms with van der Waals surface area (Å²) in [4.78, 5) is 6.66. The minimum Gasteiger partial charge on any atom is -0.355 e. The van der Waals surface area contributed by atoms with Gasteiger partial charge >= 0.3 is 0 Å². The number of aryl methyl sites for hydroxylation is 2. The minimum atomic E-state index is -0.381. The topological polar surface area (TPSA) is 21.1 Å². The lowest BCUT2D eigenvalue weighted by molar-refractivity contribution is 0.325. The molecule has 0 spiro atoms. The highest BCUT2D eigenvalue weighted by Crippen LogP contribution is 2.45. The van der Waals surface area contributed by atoms with Crippen LogP contribution in [0.15, 0.2) is 31.1 Å². The number of fused-ring (bicyclic) bond motifs is 2. The number of halogens is 2. The first-order chi connectivity index (χ1) is 12.9. The van der Waals surface area contributed by atoms with Crippen LogP contribution in [0, 0.1) is 18.6 Å². The van der Waals surface area contributed by atoms with E-state index in [2.05, 4.69) is 29.6 Å². The predicted molar refractivity (Wildman–Crippen MR) is 103 cm³/mol. The quantitative estimate of drug-likeness (QED) is 0.667. The SMILES string of the molecule is C=C(CCC)C(c1ncn2c1CCC2)N1Cc2c(F)cc(C)c(F)c2C1=C. The average Bonchev–Trinajstić information content (AvgIpc) is 3.30. The first kappa shape index (κ1) is 18.0. The van der Waals surface area contributed by atoms with Gasteiger partial charge in [-0.3, -0.25) is 0 Å². The van der Waals surface area contributed by atoms with Crippen molar-refractivity contribution in [3.63, 3.8) is 0 Å². The van der Waals surface area contributed by atoms with Gasteiger partial charge in [-0.25, -0.2) is 13.8 Å². The molecule has 2 aliphatic rings. The van der Waals surface area contributed by atoms with E-state index in [1.165, 1.54) is 11.8 Å². The molecule has 0 fully saturated rings. The van der Waals surface area contributed by atoms with Crippen molar-refractivity contribution >= 4 is 5.70 Å². The molecular weight excluding hydrogens is 344 g/mol. The number of rotatable bonds is 5. The highest BCUT2D eigenvalue weighted by atomic mass is 19.1. The van der Waals surface area contributed by atoms with Crippen LogP contribution in [0.2, 0.25) is 0 Å². The van der Waals surface area contributed by atoms with E-state index in [4.69, 9.17) is 0 Å². The molecular formula is C22H25F2N3. The van der Waals surface area contributed by atoms with Crippen molar-refractivity contribution in [2.45, 2.75) is 58.7 Å². The van der Waals surface area contributed by atoms with Crippen molar-refractivity contribution in [3.05, 3.63) is 70.8 Å². The third-order valence-corrected chi connectivity index (χ3v) is 5.78. The van der Waals surface area contributed by atoms with E-state index in [1.54, 1.807) is 6.92 Å². The number of nitrogens with zero attached hydrogens (tertiary/aromatic N) is 3. The molecule has 27 heavy (non-hydrogen) atoms. The van der Waals surface area contributed by atoms with Crippen molar-refractivity contribution in [1.82, 2.24) is 14.5 Å². The van der Waals surface area contributed by atoms with Crippen LogP contribution in [0.4, 0.5) is 8.78 Å². The number of hydrogen-bond acceptors (Lipinski definition) is 2. The second-order valence-electron chi connectivity index (χ2n) is 7.60. The van der Waals surface area contributed by atoms with Gasteiger partial charge in [0.25, 0.3) is 0 Å². The van der Waals surface area contributed by atoms with Gasteiger partial charge in [-0.1, -0.05) is 26.5 Å². The van der Waals surface area contributed by atoms with Crippen molar-refractivity contribution < 1.29 is 8.78 Å². The maximum absolute atomic E-state index is 14.8. The summed E-state index contributed by atoms with van der Waals surface area (Å²) < 4.78 is 31.5. The van der Waals surface area contributed by atoms with Crippen LogP contribution in [0.25, 0.3) is 5.70 Å². The highest BCUT2D eigenvalue weighted by molar-refractivity contribution is 5.71. The van der Waals surface area contributed by atoms with Crippen molar-refractivity contribution in [2.24, 2.45) is 0 Å². The standard InChI is InChI=1S/C22H25F2N3/c1-5-7-13(2)22(21-18-8-6-9-26(18)12-25-21)27-11-16-17(23)10-14(3)20(24)19(16)15(27)4/h10,12,22H,2,4-9,11H2,1,3H3. The number of benzene rings is 1. The lowest BCUT2D eigenvalue weighted by Gasteiger charge is -2.32. The zero-order valence-electron chi connectivity index (χ0n) is 16.0. The van der Waals surface area contributed by atoms with Crippen LogP contribution in [0.1, 0.15) is 60.3 Å². The maximum atomic E-state index is 14.8. The van der Waals surface area contributed by atoms with Gasteiger partial charge < -0.3 is 9.47 Å². The Kier molecular flexibility index (Phi) is 4.41. The fourth-order valence-electron chi connectivity index (χ4n) is 4.45. The lowest BCUT2D eigenvalue weighted by Crippen LogP contribution is -2.25. The molecule has 4 rings (SSSR count). The third-order valence-electron chi connectivity index (χ3n) is 5.78. The molecule has 0 amide bonds. The molecule has 1 unspecified atom stereocenters. The smallest absolute Gasteiger partial charge is 0.135 e. The summed E-state index contributed by atoms with van der Waals surface area (Å²) in [5.74, 6) is -0.753. The zero-order chi connectivity index (χ0) is 19.3. The molecule has 1 aromatic heterocycles. The first-order valence-corrected chi connectivity index (χ1v) is 9.59. The monoisotopic (exact) mass is 369 g/mol. The summed E-state index contributed by atoms with van der Waals surface area (Å²) >= 11 is 0. The maximum Gasteiger partial charge on any atom is 0.135 e. The van der Waals surface area contributed by atoms with E-state index in [9.17, 15) is 8.78 Å². The zero-order valence-corrected chi connectivity index (χ0v) is 16.0. The molecule has 0 saturated heterocycles. The third kappa shape index (κ3) is 2.71. The fourth-order valence-corrected chi connectivity index (χ4v) is 4.45. The van der Waals surface area contributed by atoms with Crippen molar-refractivity contribution in [1.29, 1.82) is 0 Å². The summed E-state index contributed by atoms with van der Waals surface area (Å²) in [6.45, 7) is 13.4. The van der Waals surface area contributed by atoms with Gasteiger partial charge in [0.1, 0.15) is 11.6 Å². The predicted octanol–water partition coefficient (Wildman–Crippen LogP) is 5.30. The first-order valence-electron chi connectivity index (χ1n) is 9.59. The molecule has 3 nitrogen and oxygen atoms in total. The molecule has 1 atom stereocenters. The molecule has 5 heteroatoms. The van der Waals surface area contributed by atoms with Gasteiger partial charge in [0, 0.05) is 35.6 Å². The molecule has 2 aromatic rings. The molecule has 142 valence electrons. The van der Waals surface area contributed by atoms with Gasteiger partial charge in [-0.05, 0) is 43.4 Å². The average molecular weight is 369 g/mol. The van der Waals surface area contributed by atoms with Crippen LogP contribution in [0.5, 0.6) is 0 Å². The number of aromatic nitrogens is 2. The molecule has 3 heterocycles. The van der Waals surface area contributed by atoms with Crippen LogP contribution < -0.4 is 0 Å². The van der Waals surface area contributed by atoms with Crippen molar-refractivity contribution in [2.75, 3.05) is 0 Å². The van der Waals surface area contributed by atoms with E-state index in [1.807, 2.05) is 11.2 Å². The summed E-state index contributed by atoms with van der Waals surface area (Å²) in [7, 11) is 0. The Bertz CT molecular complexity index is 942. The van der Waals surface area contributed by atoms with Crippen LogP contribution in [-0.2, 0) is 19.5 Å². The van der Waals surface area contributed by atoms with Crippen LogP contribution >= 0.6 is 0 Å². The molecule has 0 aliphatic carbocycles. The van der Waals surface area contributed by atoms with E-state index in [0.717, 1.165) is 43.5 Å². The Labute approximate surface area is 159 Å². The van der Waals surface area contributed by atoms with Gasteiger partial charge in [0.15, 0.2) is 0 Å². The molecule has 0 radical (unpaired) electrons. The Hall–Kier alpha value is -2.43. The Morgan fingerprint density at radius 3 is 2.89 bits per heavy atom. The molecule has 0 saturated carbocycles. The highest BCUT2D eigenvalue weighted by Gasteiger charge is 2.37.